The molecule has 1 aliphatic heterocycles. The Balaban J connectivity index is 1.84. The summed E-state index contributed by atoms with van der Waals surface area (Å²) in [5.74, 6) is 1.14. The Labute approximate surface area is 150 Å². The zero-order valence-electron chi connectivity index (χ0n) is 14.5. The van der Waals surface area contributed by atoms with E-state index in [2.05, 4.69) is 15.2 Å². The van der Waals surface area contributed by atoms with Crippen LogP contribution in [-0.4, -0.2) is 22.6 Å². The van der Waals surface area contributed by atoms with Gasteiger partial charge in [-0.15, -0.1) is 0 Å². The van der Waals surface area contributed by atoms with E-state index in [0.29, 0.717) is 17.7 Å². The van der Waals surface area contributed by atoms with Crippen LogP contribution in [0.3, 0.4) is 0 Å². The van der Waals surface area contributed by atoms with Gasteiger partial charge in [0.2, 0.25) is 0 Å². The minimum Gasteiger partial charge on any atom is -0.370 e. The summed E-state index contributed by atoms with van der Waals surface area (Å²) in [6.07, 6.45) is 0. The average molecular weight is 354 g/mol. The first-order valence-corrected chi connectivity index (χ1v) is 8.77. The summed E-state index contributed by atoms with van der Waals surface area (Å²) in [7, 11) is 0. The second-order valence-electron chi connectivity index (χ2n) is 6.29. The van der Waals surface area contributed by atoms with Gasteiger partial charge in [-0.25, -0.2) is 13.8 Å². The van der Waals surface area contributed by atoms with E-state index in [-0.39, 0.29) is 11.6 Å². The van der Waals surface area contributed by atoms with Crippen molar-refractivity contribution < 1.29 is 8.78 Å². The van der Waals surface area contributed by atoms with Crippen LogP contribution in [-0.2, 0) is 13.1 Å². The first-order valence-electron chi connectivity index (χ1n) is 8.77. The Hall–Kier alpha value is -2.73. The summed E-state index contributed by atoms with van der Waals surface area (Å²) in [6.45, 7) is 5.23. The van der Waals surface area contributed by atoms with Gasteiger partial charge in [-0.05, 0) is 42.8 Å². The molecule has 2 N–H and O–H groups in total. The summed E-state index contributed by atoms with van der Waals surface area (Å²) >= 11 is 0. The molecule has 0 saturated heterocycles. The van der Waals surface area contributed by atoms with Crippen LogP contribution in [0.5, 0.6) is 0 Å². The predicted molar refractivity (Wildman–Crippen MR) is 98.9 cm³/mol. The Kier molecular flexibility index (Phi) is 4.42. The first-order chi connectivity index (χ1) is 12.7. The average Bonchev–Trinajstić information content (AvgIpc) is 3.01. The first kappa shape index (κ1) is 16.7. The number of benzene rings is 2. The van der Waals surface area contributed by atoms with Crippen LogP contribution >= 0.6 is 0 Å². The quantitative estimate of drug-likeness (QED) is 0.743. The van der Waals surface area contributed by atoms with Gasteiger partial charge in [0.05, 0.1) is 6.54 Å². The van der Waals surface area contributed by atoms with Gasteiger partial charge in [0.1, 0.15) is 29.0 Å². The molecule has 2 heterocycles. The van der Waals surface area contributed by atoms with Gasteiger partial charge in [-0.3, -0.25) is 0 Å². The fourth-order valence-corrected chi connectivity index (χ4v) is 3.36. The molecule has 26 heavy (non-hydrogen) atoms. The Bertz CT molecular complexity index is 949. The van der Waals surface area contributed by atoms with E-state index in [1.54, 1.807) is 24.3 Å². The van der Waals surface area contributed by atoms with Crippen molar-refractivity contribution in [2.45, 2.75) is 20.0 Å². The highest BCUT2D eigenvalue weighted by atomic mass is 19.1. The fourth-order valence-electron chi connectivity index (χ4n) is 3.36. The Morgan fingerprint density at radius 3 is 2.85 bits per heavy atom. The molecule has 0 aliphatic carbocycles. The molecule has 2 aromatic carbocycles. The van der Waals surface area contributed by atoms with Crippen molar-refractivity contribution in [2.24, 2.45) is 0 Å². The lowest BCUT2D eigenvalue weighted by Gasteiger charge is -2.18. The largest absolute Gasteiger partial charge is 0.370 e. The number of hydrogen-bond acceptors (Lipinski definition) is 3. The zero-order valence-corrected chi connectivity index (χ0v) is 14.5. The van der Waals surface area contributed by atoms with Gasteiger partial charge >= 0.3 is 0 Å². The molecule has 1 aromatic heterocycles. The fraction of sp³-hybridized carbons (Fsp3) is 0.250. The van der Waals surface area contributed by atoms with Gasteiger partial charge in [0.15, 0.2) is 0 Å². The van der Waals surface area contributed by atoms with Crippen molar-refractivity contribution >= 4 is 5.82 Å². The highest BCUT2D eigenvalue weighted by Crippen LogP contribution is 2.33. The third kappa shape index (κ3) is 2.97. The zero-order chi connectivity index (χ0) is 18.1. The lowest BCUT2D eigenvalue weighted by molar-refractivity contribution is 0.508. The van der Waals surface area contributed by atoms with Crippen molar-refractivity contribution in [3.05, 3.63) is 59.9 Å². The maximum absolute atomic E-state index is 14.4. The standard InChI is InChI=1S/C20H20F2N4/c1-2-24-20-19(25-18-12-23-8-9-26(18)20)14-6-7-17(22)16(11-14)13-4-3-5-15(21)10-13/h3-7,10-11,23-24H,2,8-9,12H2,1H3. The highest BCUT2D eigenvalue weighted by Gasteiger charge is 2.21. The van der Waals surface area contributed by atoms with Gasteiger partial charge in [-0.2, -0.15) is 0 Å². The van der Waals surface area contributed by atoms with E-state index in [1.807, 2.05) is 6.92 Å². The molecule has 3 aromatic rings. The lowest BCUT2D eigenvalue weighted by Crippen LogP contribution is -2.28. The highest BCUT2D eigenvalue weighted by molar-refractivity contribution is 5.78. The van der Waals surface area contributed by atoms with Crippen LogP contribution in [0.4, 0.5) is 14.6 Å². The molecule has 0 bridgehead atoms. The Morgan fingerprint density at radius 2 is 2.04 bits per heavy atom. The number of hydrogen-bond donors (Lipinski definition) is 2. The molecule has 0 radical (unpaired) electrons. The van der Waals surface area contributed by atoms with E-state index in [9.17, 15) is 8.78 Å². The topological polar surface area (TPSA) is 41.9 Å². The maximum Gasteiger partial charge on any atom is 0.134 e. The number of imidazole rings is 1. The van der Waals surface area contributed by atoms with Crippen molar-refractivity contribution in [1.29, 1.82) is 0 Å². The molecule has 0 atom stereocenters. The molecule has 4 nitrogen and oxygen atoms in total. The van der Waals surface area contributed by atoms with Crippen LogP contribution in [0.2, 0.25) is 0 Å². The second kappa shape index (κ2) is 6.88. The number of halogens is 2. The molecule has 0 fully saturated rings. The third-order valence-electron chi connectivity index (χ3n) is 4.56. The summed E-state index contributed by atoms with van der Waals surface area (Å²) < 4.78 is 30.1. The van der Waals surface area contributed by atoms with Gasteiger partial charge in [0.25, 0.3) is 0 Å². The second-order valence-corrected chi connectivity index (χ2v) is 6.29. The number of fused-ring (bicyclic) bond motifs is 1. The molecule has 4 rings (SSSR count). The van der Waals surface area contributed by atoms with Crippen molar-refractivity contribution in [1.82, 2.24) is 14.9 Å². The summed E-state index contributed by atoms with van der Waals surface area (Å²) in [5, 5.41) is 6.70. The third-order valence-corrected chi connectivity index (χ3v) is 4.56. The SMILES string of the molecule is CCNc1c(-c2ccc(F)c(-c3cccc(F)c3)c2)nc2n1CCNC2. The predicted octanol–water partition coefficient (Wildman–Crippen LogP) is 4.03. The van der Waals surface area contributed by atoms with Crippen LogP contribution in [0.1, 0.15) is 12.7 Å². The van der Waals surface area contributed by atoms with Crippen molar-refractivity contribution in [2.75, 3.05) is 18.4 Å². The van der Waals surface area contributed by atoms with Gasteiger partial charge < -0.3 is 15.2 Å². The number of anilines is 1. The van der Waals surface area contributed by atoms with Gasteiger partial charge in [-0.1, -0.05) is 12.1 Å². The molecule has 1 aliphatic rings. The van der Waals surface area contributed by atoms with Crippen molar-refractivity contribution in [3.8, 4) is 22.4 Å². The summed E-state index contributed by atoms with van der Waals surface area (Å²) in [4.78, 5) is 4.76. The van der Waals surface area contributed by atoms with E-state index >= 15 is 0 Å². The summed E-state index contributed by atoms with van der Waals surface area (Å²) in [5.41, 5.74) is 2.49. The Morgan fingerprint density at radius 1 is 1.15 bits per heavy atom. The van der Waals surface area contributed by atoms with Crippen LogP contribution in [0, 0.1) is 11.6 Å². The molecule has 6 heteroatoms. The molecule has 0 unspecified atom stereocenters. The van der Waals surface area contributed by atoms with E-state index in [4.69, 9.17) is 4.98 Å². The summed E-state index contributed by atoms with van der Waals surface area (Å²) in [6, 6.07) is 10.9. The molecule has 0 amide bonds. The molecular weight excluding hydrogens is 334 g/mol. The number of nitrogens with one attached hydrogen (secondary N) is 2. The van der Waals surface area contributed by atoms with Crippen molar-refractivity contribution in [3.63, 3.8) is 0 Å². The van der Waals surface area contributed by atoms with Crippen LogP contribution in [0.25, 0.3) is 22.4 Å². The molecule has 0 saturated carbocycles. The molecule has 0 spiro atoms. The monoisotopic (exact) mass is 354 g/mol. The smallest absolute Gasteiger partial charge is 0.134 e. The van der Waals surface area contributed by atoms with Crippen LogP contribution in [0.15, 0.2) is 42.5 Å². The van der Waals surface area contributed by atoms with E-state index in [0.717, 1.165) is 42.5 Å². The maximum atomic E-state index is 14.4. The molecule has 134 valence electrons. The lowest BCUT2D eigenvalue weighted by atomic mass is 10.0. The number of nitrogens with zero attached hydrogens (tertiary/aromatic N) is 2. The van der Waals surface area contributed by atoms with Gasteiger partial charge in [0, 0.05) is 30.8 Å². The molecular formula is C20H20F2N4. The minimum absolute atomic E-state index is 0.369. The van der Waals surface area contributed by atoms with E-state index < -0.39 is 0 Å². The van der Waals surface area contributed by atoms with Crippen LogP contribution < -0.4 is 10.6 Å². The van der Waals surface area contributed by atoms with E-state index in [1.165, 1.54) is 18.2 Å². The number of rotatable bonds is 4. The normalized spacial score (nSPS) is 13.5. The number of aromatic nitrogens is 2. The minimum atomic E-state index is -0.385.